The summed E-state index contributed by atoms with van der Waals surface area (Å²) in [6.07, 6.45) is 0. The van der Waals surface area contributed by atoms with Crippen LogP contribution in [0.4, 0.5) is 9.93 Å². The fourth-order valence-corrected chi connectivity index (χ4v) is 2.91. The van der Waals surface area contributed by atoms with Gasteiger partial charge in [0.15, 0.2) is 5.13 Å². The molecule has 2 rings (SSSR count). The number of rotatable bonds is 4. The number of thiazole rings is 1. The fraction of sp³-hybridized carbons (Fsp3) is 0.267. The van der Waals surface area contributed by atoms with E-state index in [0.29, 0.717) is 40.4 Å². The molecule has 0 spiro atoms. The van der Waals surface area contributed by atoms with Crippen LogP contribution >= 0.6 is 27.3 Å². The Labute approximate surface area is 197 Å². The number of fused-ring (bicyclic) bond motifs is 1. The van der Waals surface area contributed by atoms with E-state index in [1.807, 2.05) is 6.92 Å². The van der Waals surface area contributed by atoms with Gasteiger partial charge in [-0.25, -0.2) is 9.78 Å². The predicted molar refractivity (Wildman–Crippen MR) is 97.7 cm³/mol. The number of amides is 2. The Balaban J connectivity index is 0.000000777. The van der Waals surface area contributed by atoms with Gasteiger partial charge in [-0.15, -0.1) is 5.56 Å². The van der Waals surface area contributed by atoms with Gasteiger partial charge in [0.25, 0.3) is 0 Å². The quantitative estimate of drug-likeness (QED) is 0.485. The van der Waals surface area contributed by atoms with E-state index in [9.17, 15) is 9.90 Å². The molecule has 0 bridgehead atoms. The average Bonchev–Trinajstić information content (AvgIpc) is 2.89. The van der Waals surface area contributed by atoms with Crippen molar-refractivity contribution in [1.29, 1.82) is 0 Å². The van der Waals surface area contributed by atoms with Crippen LogP contribution in [0.2, 0.25) is 0 Å². The molecule has 1 aromatic carbocycles. The zero-order valence-corrected chi connectivity index (χ0v) is 19.3. The van der Waals surface area contributed by atoms with Crippen molar-refractivity contribution >= 4 is 48.6 Å². The van der Waals surface area contributed by atoms with Crippen LogP contribution in [0, 0.1) is 20.8 Å². The predicted octanol–water partition coefficient (Wildman–Crippen LogP) is 0.763. The van der Waals surface area contributed by atoms with E-state index in [1.54, 1.807) is 6.07 Å². The Morgan fingerprint density at radius 2 is 2.08 bits per heavy atom. The van der Waals surface area contributed by atoms with Crippen molar-refractivity contribution in [3.8, 4) is 5.75 Å². The molecule has 0 aliphatic heterocycles. The van der Waals surface area contributed by atoms with Crippen LogP contribution in [-0.2, 0) is 4.74 Å². The zero-order valence-electron chi connectivity index (χ0n) is 13.8. The van der Waals surface area contributed by atoms with E-state index >= 15 is 0 Å². The minimum absolute atomic E-state index is 0. The summed E-state index contributed by atoms with van der Waals surface area (Å²) in [5.74, 6) is 0.0932. The molecular weight excluding hydrogens is 421 g/mol. The van der Waals surface area contributed by atoms with E-state index in [4.69, 9.17) is 0 Å². The summed E-state index contributed by atoms with van der Waals surface area (Å²) in [5, 5.41) is 15.5. The van der Waals surface area contributed by atoms with Gasteiger partial charge in [-0.3, -0.25) is 5.32 Å². The number of ether oxygens (including phenoxy) is 1. The zero-order chi connectivity index (χ0) is 17.4. The number of anilines is 1. The topological polar surface area (TPSA) is 83.5 Å². The average molecular weight is 440 g/mol. The summed E-state index contributed by atoms with van der Waals surface area (Å²) in [4.78, 5) is 15.6. The van der Waals surface area contributed by atoms with Gasteiger partial charge in [0.1, 0.15) is 0 Å². The fourth-order valence-electron chi connectivity index (χ4n) is 1.54. The second kappa shape index (κ2) is 12.5. The molecule has 0 radical (unpaired) electrons. The van der Waals surface area contributed by atoms with Crippen LogP contribution in [0.1, 0.15) is 12.5 Å². The number of phenolic OH excluding ortho intramolecular Hbond substituents is 1. The first kappa shape index (κ1) is 24.1. The Hall–Kier alpha value is 0.126. The van der Waals surface area contributed by atoms with Crippen molar-refractivity contribution in [2.45, 2.75) is 6.92 Å². The molecule has 2 amide bonds. The number of urea groups is 1. The number of benzene rings is 1. The summed E-state index contributed by atoms with van der Waals surface area (Å²) in [7, 11) is 0. The summed E-state index contributed by atoms with van der Waals surface area (Å²) >= 11 is 4.50. The molecule has 24 heavy (non-hydrogen) atoms. The summed E-state index contributed by atoms with van der Waals surface area (Å²) < 4.78 is 5.90. The normalized spacial score (nSPS) is 9.67. The molecular formula is C15H19BrKN3O3S-2. The number of hydrogen-bond donors (Lipinski definition) is 3. The maximum Gasteiger partial charge on any atom is 1.00 e. The summed E-state index contributed by atoms with van der Waals surface area (Å²) in [6, 6.07) is 1.39. The molecule has 0 fully saturated rings. The summed E-state index contributed by atoms with van der Waals surface area (Å²) in [5.41, 5.74) is 1.18. The number of phenols is 1. The van der Waals surface area contributed by atoms with E-state index in [1.165, 1.54) is 11.3 Å². The number of hydrogen-bond acceptors (Lipinski definition) is 5. The van der Waals surface area contributed by atoms with Gasteiger partial charge < -0.3 is 29.0 Å². The third kappa shape index (κ3) is 7.16. The maximum atomic E-state index is 11.4. The molecule has 2 aromatic rings. The molecule has 0 saturated heterocycles. The standard InChI is InChI=1S/C11H11BrN3O2S.C4H8O.K/c1-3-13-10(17)15-11-14-7-4-6(12)8(16)5(2)9(7)18-11;1-3-5-4-2;/h4,16H,2-3H2,1H3,(H2,13,14,15,17);1-4H2;/q-1;-2;+1. The minimum atomic E-state index is -0.301. The second-order valence-corrected chi connectivity index (χ2v) is 6.00. The first-order valence-electron chi connectivity index (χ1n) is 6.79. The first-order chi connectivity index (χ1) is 10.9. The molecule has 1 aromatic heterocycles. The van der Waals surface area contributed by atoms with Gasteiger partial charge in [-0.1, -0.05) is 29.1 Å². The van der Waals surface area contributed by atoms with Gasteiger partial charge in [0.05, 0.1) is 0 Å². The molecule has 0 aliphatic carbocycles. The molecule has 0 saturated carbocycles. The minimum Gasteiger partial charge on any atom is -0.564 e. The largest absolute Gasteiger partial charge is 1.00 e. The van der Waals surface area contributed by atoms with Crippen molar-refractivity contribution in [3.05, 3.63) is 36.9 Å². The molecule has 9 heteroatoms. The van der Waals surface area contributed by atoms with Crippen molar-refractivity contribution < 1.29 is 66.0 Å². The molecule has 0 unspecified atom stereocenters. The van der Waals surface area contributed by atoms with E-state index < -0.39 is 0 Å². The molecule has 3 N–H and O–H groups in total. The van der Waals surface area contributed by atoms with E-state index in [0.717, 1.165) is 4.70 Å². The number of carbonyl (C=O) groups excluding carboxylic acids is 1. The molecule has 0 aliphatic rings. The Morgan fingerprint density at radius 3 is 2.58 bits per heavy atom. The van der Waals surface area contributed by atoms with Crippen LogP contribution < -0.4 is 62.0 Å². The van der Waals surface area contributed by atoms with Crippen molar-refractivity contribution in [2.75, 3.05) is 25.1 Å². The van der Waals surface area contributed by atoms with Gasteiger partial charge in [0, 0.05) is 22.3 Å². The maximum absolute atomic E-state index is 11.4. The Morgan fingerprint density at radius 1 is 1.46 bits per heavy atom. The Bertz CT molecular complexity index is 665. The first-order valence-corrected chi connectivity index (χ1v) is 8.40. The molecule has 0 atom stereocenters. The van der Waals surface area contributed by atoms with E-state index in [2.05, 4.69) is 57.1 Å². The third-order valence-corrected chi connectivity index (χ3v) is 4.20. The second-order valence-electron chi connectivity index (χ2n) is 4.15. The van der Waals surface area contributed by atoms with Crippen molar-refractivity contribution in [3.63, 3.8) is 0 Å². The Kier molecular flexibility index (Phi) is 12.5. The number of nitrogens with one attached hydrogen (secondary N) is 2. The van der Waals surface area contributed by atoms with Crippen molar-refractivity contribution in [2.24, 2.45) is 0 Å². The number of aromatic nitrogens is 1. The number of aromatic hydroxyl groups is 1. The molecule has 128 valence electrons. The number of nitrogens with zero attached hydrogens (tertiary/aromatic N) is 1. The SMILES string of the molecule is [CH2-]COC[CH2-].[CH2-]c1c(O)c(Br)cc2nc(NC(=O)NCC)sc12.[K+]. The molecule has 6 nitrogen and oxygen atoms in total. The van der Waals surface area contributed by atoms with Gasteiger partial charge >= 0.3 is 57.4 Å². The van der Waals surface area contributed by atoms with Crippen LogP contribution in [0.25, 0.3) is 10.2 Å². The van der Waals surface area contributed by atoms with Gasteiger partial charge in [-0.2, -0.15) is 18.3 Å². The monoisotopic (exact) mass is 439 g/mol. The van der Waals surface area contributed by atoms with Gasteiger partial charge in [-0.05, 0) is 17.7 Å². The third-order valence-electron chi connectivity index (χ3n) is 2.55. The smallest absolute Gasteiger partial charge is 0.564 e. The van der Waals surface area contributed by atoms with E-state index in [-0.39, 0.29) is 63.2 Å². The van der Waals surface area contributed by atoms with Crippen LogP contribution in [0.5, 0.6) is 5.75 Å². The summed E-state index contributed by atoms with van der Waals surface area (Å²) in [6.45, 7) is 14.1. The molecule has 1 heterocycles. The number of halogens is 1. The van der Waals surface area contributed by atoms with Crippen molar-refractivity contribution in [1.82, 2.24) is 10.3 Å². The van der Waals surface area contributed by atoms with Gasteiger partial charge in [0.2, 0.25) is 0 Å². The van der Waals surface area contributed by atoms with Crippen LogP contribution in [0.15, 0.2) is 10.5 Å². The van der Waals surface area contributed by atoms with Crippen LogP contribution in [0.3, 0.4) is 0 Å². The van der Waals surface area contributed by atoms with Crippen LogP contribution in [-0.4, -0.2) is 35.9 Å². The number of carbonyl (C=O) groups is 1.